The van der Waals surface area contributed by atoms with Crippen LogP contribution in [0.2, 0.25) is 0 Å². The Morgan fingerprint density at radius 2 is 1.97 bits per heavy atom. The van der Waals surface area contributed by atoms with Crippen LogP contribution in [0.1, 0.15) is 56.6 Å². The van der Waals surface area contributed by atoms with Crippen LogP contribution >= 0.6 is 0 Å². The number of fused-ring (bicyclic) bond motifs is 1. The third-order valence-corrected chi connectivity index (χ3v) is 5.86. The van der Waals surface area contributed by atoms with Gasteiger partial charge in [-0.2, -0.15) is 0 Å². The molecule has 2 heterocycles. The molecule has 1 unspecified atom stereocenters. The molecule has 4 rings (SSSR count). The molecule has 6 nitrogen and oxygen atoms in total. The molecular formula is C22H26FN3O3. The van der Waals surface area contributed by atoms with Crippen molar-refractivity contribution in [2.45, 2.75) is 32.2 Å². The Bertz CT molecular complexity index is 901. The summed E-state index contributed by atoms with van der Waals surface area (Å²) in [6.07, 6.45) is 2.15. The molecule has 154 valence electrons. The number of H-pyrrole nitrogens is 1. The van der Waals surface area contributed by atoms with Crippen molar-refractivity contribution < 1.29 is 18.7 Å². The highest BCUT2D eigenvalue weighted by Gasteiger charge is 2.28. The van der Waals surface area contributed by atoms with Crippen molar-refractivity contribution in [3.8, 4) is 0 Å². The molecule has 0 bridgehead atoms. The summed E-state index contributed by atoms with van der Waals surface area (Å²) in [4.78, 5) is 30.5. The van der Waals surface area contributed by atoms with Gasteiger partial charge in [0.25, 0.3) is 5.91 Å². The molecule has 7 heteroatoms. The first kappa shape index (κ1) is 19.8. The fourth-order valence-electron chi connectivity index (χ4n) is 4.31. The fraction of sp³-hybridized carbons (Fsp3) is 0.455. The largest absolute Gasteiger partial charge is 0.379 e. The third-order valence-electron chi connectivity index (χ3n) is 5.86. The van der Waals surface area contributed by atoms with E-state index in [-0.39, 0.29) is 23.5 Å². The standard InChI is InChI=1S/C22H26FN3O3/c1-14-20-17(3-2-4-19(20)27)25-21(14)22(28)24-13-18(26-9-11-29-12-10-26)15-5-7-16(23)8-6-15/h5-8,18,25H,2-4,9-13H2,1H3,(H,24,28). The van der Waals surface area contributed by atoms with Crippen LogP contribution < -0.4 is 5.32 Å². The summed E-state index contributed by atoms with van der Waals surface area (Å²) in [6.45, 7) is 4.99. The van der Waals surface area contributed by atoms with E-state index in [1.54, 1.807) is 12.1 Å². The van der Waals surface area contributed by atoms with Gasteiger partial charge in [-0.15, -0.1) is 0 Å². The lowest BCUT2D eigenvalue weighted by Gasteiger charge is -2.35. The summed E-state index contributed by atoms with van der Waals surface area (Å²) in [5.41, 5.74) is 3.69. The molecule has 1 amide bonds. The lowest BCUT2D eigenvalue weighted by Crippen LogP contribution is -2.44. The molecule has 0 radical (unpaired) electrons. The number of aromatic amines is 1. The van der Waals surface area contributed by atoms with E-state index in [9.17, 15) is 14.0 Å². The number of rotatable bonds is 5. The first-order chi connectivity index (χ1) is 14.0. The maximum Gasteiger partial charge on any atom is 0.268 e. The number of amides is 1. The van der Waals surface area contributed by atoms with Crippen LogP contribution in [0.25, 0.3) is 0 Å². The molecule has 2 aromatic rings. The number of benzene rings is 1. The van der Waals surface area contributed by atoms with Gasteiger partial charge in [-0.3, -0.25) is 14.5 Å². The molecule has 1 saturated heterocycles. The van der Waals surface area contributed by atoms with Crippen LogP contribution in [0.3, 0.4) is 0 Å². The van der Waals surface area contributed by atoms with Crippen molar-refractivity contribution in [2.75, 3.05) is 32.8 Å². The molecule has 29 heavy (non-hydrogen) atoms. The highest BCUT2D eigenvalue weighted by molar-refractivity contribution is 6.04. The van der Waals surface area contributed by atoms with E-state index in [0.29, 0.717) is 37.4 Å². The first-order valence-corrected chi connectivity index (χ1v) is 10.1. The number of carbonyl (C=O) groups excluding carboxylic acids is 2. The van der Waals surface area contributed by atoms with Crippen molar-refractivity contribution in [1.29, 1.82) is 0 Å². The first-order valence-electron chi connectivity index (χ1n) is 10.1. The van der Waals surface area contributed by atoms with Crippen molar-refractivity contribution in [3.63, 3.8) is 0 Å². The van der Waals surface area contributed by atoms with Crippen molar-refractivity contribution in [1.82, 2.24) is 15.2 Å². The number of halogens is 1. The summed E-state index contributed by atoms with van der Waals surface area (Å²) >= 11 is 0. The number of carbonyl (C=O) groups is 2. The van der Waals surface area contributed by atoms with E-state index < -0.39 is 0 Å². The van der Waals surface area contributed by atoms with Gasteiger partial charge in [0, 0.05) is 37.3 Å². The monoisotopic (exact) mass is 399 g/mol. The van der Waals surface area contributed by atoms with Gasteiger partial charge in [-0.25, -0.2) is 4.39 Å². The van der Waals surface area contributed by atoms with E-state index in [0.717, 1.165) is 42.8 Å². The Labute approximate surface area is 169 Å². The summed E-state index contributed by atoms with van der Waals surface area (Å²) in [7, 11) is 0. The average Bonchev–Trinajstić information content (AvgIpc) is 3.08. The van der Waals surface area contributed by atoms with Crippen LogP contribution in [0.15, 0.2) is 24.3 Å². The van der Waals surface area contributed by atoms with Gasteiger partial charge in [0.2, 0.25) is 0 Å². The number of aromatic nitrogens is 1. The smallest absolute Gasteiger partial charge is 0.268 e. The Hall–Kier alpha value is -2.51. The molecule has 1 aliphatic carbocycles. The minimum absolute atomic E-state index is 0.0741. The highest BCUT2D eigenvalue weighted by Crippen LogP contribution is 2.27. The van der Waals surface area contributed by atoms with Crippen LogP contribution in [0.5, 0.6) is 0 Å². The molecule has 1 aromatic heterocycles. The Morgan fingerprint density at radius 3 is 2.66 bits per heavy atom. The zero-order valence-corrected chi connectivity index (χ0v) is 16.6. The fourth-order valence-corrected chi connectivity index (χ4v) is 4.31. The average molecular weight is 399 g/mol. The van der Waals surface area contributed by atoms with Crippen LogP contribution in [0.4, 0.5) is 4.39 Å². The molecule has 0 spiro atoms. The van der Waals surface area contributed by atoms with E-state index in [1.807, 2.05) is 6.92 Å². The Kier molecular flexibility index (Phi) is 5.78. The molecule has 1 fully saturated rings. The quantitative estimate of drug-likeness (QED) is 0.811. The van der Waals surface area contributed by atoms with Gasteiger partial charge < -0.3 is 15.0 Å². The molecular weight excluding hydrogens is 373 g/mol. The number of nitrogens with one attached hydrogen (secondary N) is 2. The Balaban J connectivity index is 1.52. The summed E-state index contributed by atoms with van der Waals surface area (Å²) in [5, 5.41) is 3.02. The number of Topliss-reactive ketones (excluding diaryl/α,β-unsaturated/α-hetero) is 1. The second kappa shape index (κ2) is 8.47. The van der Waals surface area contributed by atoms with Gasteiger partial charge in [0.1, 0.15) is 11.5 Å². The number of ether oxygens (including phenoxy) is 1. The van der Waals surface area contributed by atoms with E-state index in [2.05, 4.69) is 15.2 Å². The maximum atomic E-state index is 13.4. The van der Waals surface area contributed by atoms with E-state index >= 15 is 0 Å². The van der Waals surface area contributed by atoms with E-state index in [4.69, 9.17) is 4.74 Å². The van der Waals surface area contributed by atoms with Gasteiger partial charge in [0.05, 0.1) is 19.3 Å². The Morgan fingerprint density at radius 1 is 1.24 bits per heavy atom. The zero-order chi connectivity index (χ0) is 20.4. The minimum atomic E-state index is -0.282. The summed E-state index contributed by atoms with van der Waals surface area (Å²) < 4.78 is 18.8. The number of morpholine rings is 1. The van der Waals surface area contributed by atoms with Crippen molar-refractivity contribution in [2.24, 2.45) is 0 Å². The molecule has 2 N–H and O–H groups in total. The minimum Gasteiger partial charge on any atom is -0.379 e. The van der Waals surface area contributed by atoms with E-state index in [1.165, 1.54) is 12.1 Å². The third kappa shape index (κ3) is 4.11. The normalized spacial score (nSPS) is 18.3. The summed E-state index contributed by atoms with van der Waals surface area (Å²) in [6, 6.07) is 6.34. The lowest BCUT2D eigenvalue weighted by molar-refractivity contribution is 0.0162. The van der Waals surface area contributed by atoms with Crippen molar-refractivity contribution in [3.05, 3.63) is 58.2 Å². The highest BCUT2D eigenvalue weighted by atomic mass is 19.1. The van der Waals surface area contributed by atoms with Gasteiger partial charge in [-0.05, 0) is 43.0 Å². The van der Waals surface area contributed by atoms with Crippen LogP contribution in [0, 0.1) is 12.7 Å². The van der Waals surface area contributed by atoms with Gasteiger partial charge in [0.15, 0.2) is 5.78 Å². The molecule has 1 aromatic carbocycles. The number of ketones is 1. The zero-order valence-electron chi connectivity index (χ0n) is 16.6. The van der Waals surface area contributed by atoms with Gasteiger partial charge >= 0.3 is 0 Å². The molecule has 2 aliphatic rings. The number of nitrogens with zero attached hydrogens (tertiary/aromatic N) is 1. The number of hydrogen-bond donors (Lipinski definition) is 2. The number of hydrogen-bond acceptors (Lipinski definition) is 4. The molecule has 1 aliphatic heterocycles. The second-order valence-corrected chi connectivity index (χ2v) is 7.68. The van der Waals surface area contributed by atoms with Crippen LogP contribution in [-0.4, -0.2) is 54.4 Å². The topological polar surface area (TPSA) is 74.4 Å². The number of aryl methyl sites for hydroxylation is 1. The molecule has 0 saturated carbocycles. The second-order valence-electron chi connectivity index (χ2n) is 7.68. The lowest BCUT2D eigenvalue weighted by atomic mass is 9.94. The molecule has 1 atom stereocenters. The van der Waals surface area contributed by atoms with Crippen LogP contribution in [-0.2, 0) is 11.2 Å². The maximum absolute atomic E-state index is 13.4. The van der Waals surface area contributed by atoms with Crippen molar-refractivity contribution >= 4 is 11.7 Å². The SMILES string of the molecule is Cc1c(C(=O)NCC(c2ccc(F)cc2)N2CCOCC2)[nH]c2c1C(=O)CCC2. The predicted molar refractivity (Wildman–Crippen MR) is 107 cm³/mol. The summed E-state index contributed by atoms with van der Waals surface area (Å²) in [5.74, 6) is -0.391. The predicted octanol–water partition coefficient (Wildman–Crippen LogP) is 2.78. The van der Waals surface area contributed by atoms with Gasteiger partial charge in [-0.1, -0.05) is 12.1 Å².